The lowest BCUT2D eigenvalue weighted by molar-refractivity contribution is 0.440. The van der Waals surface area contributed by atoms with E-state index in [9.17, 15) is 0 Å². The second-order valence-electron chi connectivity index (χ2n) is 8.50. The molecule has 0 unspecified atom stereocenters. The lowest BCUT2D eigenvalue weighted by Crippen LogP contribution is -2.45. The standard InChI is InChI=1S/C25H27N9/c1-17-10-21(12-26)32-34(17)9-8-27-24(18-6-4-3-5-7-18)23-15-28-22-11-19(13-29-25(22)31-23)20-14-30-33(2)16-20/h3-7,10-11,13-14,16,23-24,27-28H,8-9,15H2,1-2H3,(H,29,31)/t23-,24-/m1/s1. The molecule has 4 heterocycles. The average molecular weight is 454 g/mol. The number of nitrogens with one attached hydrogen (secondary N) is 3. The van der Waals surface area contributed by atoms with Crippen molar-refractivity contribution in [2.75, 3.05) is 23.7 Å². The molecule has 4 aromatic rings. The van der Waals surface area contributed by atoms with E-state index in [0.29, 0.717) is 18.8 Å². The number of aryl methyl sites for hydroxylation is 2. The average Bonchev–Trinajstić information content (AvgIpc) is 3.47. The first-order valence-electron chi connectivity index (χ1n) is 11.3. The van der Waals surface area contributed by atoms with E-state index in [1.807, 2.05) is 49.4 Å². The predicted molar refractivity (Wildman–Crippen MR) is 131 cm³/mol. The molecule has 5 rings (SSSR count). The Morgan fingerprint density at radius 1 is 1.21 bits per heavy atom. The fraction of sp³-hybridized carbons (Fsp3) is 0.280. The van der Waals surface area contributed by atoms with Crippen LogP contribution in [0.5, 0.6) is 0 Å². The molecule has 0 bridgehead atoms. The van der Waals surface area contributed by atoms with Crippen molar-refractivity contribution >= 4 is 11.5 Å². The fourth-order valence-electron chi connectivity index (χ4n) is 4.36. The summed E-state index contributed by atoms with van der Waals surface area (Å²) < 4.78 is 3.66. The quantitative estimate of drug-likeness (QED) is 0.395. The molecule has 0 spiro atoms. The number of anilines is 2. The van der Waals surface area contributed by atoms with Gasteiger partial charge < -0.3 is 16.0 Å². The van der Waals surface area contributed by atoms with Gasteiger partial charge in [0.25, 0.3) is 0 Å². The maximum absolute atomic E-state index is 9.10. The van der Waals surface area contributed by atoms with Gasteiger partial charge in [-0.25, -0.2) is 4.98 Å². The summed E-state index contributed by atoms with van der Waals surface area (Å²) in [5.74, 6) is 0.841. The van der Waals surface area contributed by atoms with Crippen molar-refractivity contribution < 1.29 is 0 Å². The van der Waals surface area contributed by atoms with Gasteiger partial charge in [-0.05, 0) is 24.6 Å². The molecule has 0 aliphatic carbocycles. The fourth-order valence-corrected chi connectivity index (χ4v) is 4.36. The van der Waals surface area contributed by atoms with Crippen LogP contribution in [0.25, 0.3) is 11.1 Å². The number of rotatable bonds is 7. The zero-order valence-corrected chi connectivity index (χ0v) is 19.2. The first kappa shape index (κ1) is 21.7. The topological polar surface area (TPSA) is 108 Å². The van der Waals surface area contributed by atoms with Crippen molar-refractivity contribution in [3.8, 4) is 17.2 Å². The van der Waals surface area contributed by atoms with Gasteiger partial charge >= 0.3 is 0 Å². The zero-order valence-electron chi connectivity index (χ0n) is 19.2. The minimum absolute atomic E-state index is 0.0629. The van der Waals surface area contributed by atoms with Crippen LogP contribution >= 0.6 is 0 Å². The minimum atomic E-state index is 0.0629. The number of pyridine rings is 1. The van der Waals surface area contributed by atoms with Gasteiger partial charge in [0.05, 0.1) is 30.5 Å². The van der Waals surface area contributed by atoms with Crippen molar-refractivity contribution in [2.45, 2.75) is 25.6 Å². The molecule has 0 radical (unpaired) electrons. The van der Waals surface area contributed by atoms with Gasteiger partial charge in [0.15, 0.2) is 5.69 Å². The minimum Gasteiger partial charge on any atom is -0.380 e. The van der Waals surface area contributed by atoms with Gasteiger partial charge in [0.2, 0.25) is 0 Å². The van der Waals surface area contributed by atoms with Gasteiger partial charge in [-0.15, -0.1) is 0 Å². The molecule has 0 amide bonds. The summed E-state index contributed by atoms with van der Waals surface area (Å²) >= 11 is 0. The summed E-state index contributed by atoms with van der Waals surface area (Å²) in [7, 11) is 1.91. The predicted octanol–water partition coefficient (Wildman–Crippen LogP) is 3.10. The molecule has 0 fully saturated rings. The Bertz CT molecular complexity index is 1320. The molecule has 1 aromatic carbocycles. The summed E-state index contributed by atoms with van der Waals surface area (Å²) in [6.07, 6.45) is 5.71. The van der Waals surface area contributed by atoms with E-state index in [2.05, 4.69) is 62.5 Å². The van der Waals surface area contributed by atoms with Crippen LogP contribution in [0.2, 0.25) is 0 Å². The van der Waals surface area contributed by atoms with Crippen molar-refractivity contribution in [1.29, 1.82) is 5.26 Å². The molecule has 0 saturated heterocycles. The molecule has 0 saturated carbocycles. The number of hydrogen-bond donors (Lipinski definition) is 3. The second-order valence-corrected chi connectivity index (χ2v) is 8.50. The monoisotopic (exact) mass is 453 g/mol. The molecule has 3 aromatic heterocycles. The highest BCUT2D eigenvalue weighted by Crippen LogP contribution is 2.32. The highest BCUT2D eigenvalue weighted by molar-refractivity contribution is 5.75. The van der Waals surface area contributed by atoms with Crippen molar-refractivity contribution in [3.63, 3.8) is 0 Å². The Balaban J connectivity index is 1.32. The highest BCUT2D eigenvalue weighted by Gasteiger charge is 2.27. The lowest BCUT2D eigenvalue weighted by Gasteiger charge is -2.34. The van der Waals surface area contributed by atoms with E-state index in [4.69, 9.17) is 10.2 Å². The molecule has 2 atom stereocenters. The van der Waals surface area contributed by atoms with Gasteiger partial charge in [-0.2, -0.15) is 15.5 Å². The Kier molecular flexibility index (Phi) is 5.97. The normalized spacial score (nSPS) is 15.6. The Morgan fingerprint density at radius 2 is 2.06 bits per heavy atom. The molecule has 3 N–H and O–H groups in total. The van der Waals surface area contributed by atoms with E-state index >= 15 is 0 Å². The maximum Gasteiger partial charge on any atom is 0.162 e. The van der Waals surface area contributed by atoms with Crippen LogP contribution in [0.15, 0.2) is 61.1 Å². The molecule has 172 valence electrons. The number of aromatic nitrogens is 5. The number of nitrogens with zero attached hydrogens (tertiary/aromatic N) is 6. The van der Waals surface area contributed by atoms with Gasteiger partial charge in [0, 0.05) is 49.4 Å². The van der Waals surface area contributed by atoms with Gasteiger partial charge in [-0.1, -0.05) is 30.3 Å². The van der Waals surface area contributed by atoms with Gasteiger partial charge in [-0.3, -0.25) is 9.36 Å². The van der Waals surface area contributed by atoms with Crippen LogP contribution in [0.3, 0.4) is 0 Å². The molecule has 9 heteroatoms. The van der Waals surface area contributed by atoms with E-state index in [1.165, 1.54) is 5.56 Å². The maximum atomic E-state index is 9.10. The van der Waals surface area contributed by atoms with E-state index in [1.54, 1.807) is 4.68 Å². The third kappa shape index (κ3) is 4.49. The summed E-state index contributed by atoms with van der Waals surface area (Å²) in [6.45, 7) is 4.11. The molecule has 1 aliphatic rings. The molecular weight excluding hydrogens is 426 g/mol. The van der Waals surface area contributed by atoms with Crippen molar-refractivity contribution in [3.05, 3.63) is 78.0 Å². The Labute approximate surface area is 198 Å². The van der Waals surface area contributed by atoms with Gasteiger partial charge in [0.1, 0.15) is 11.9 Å². The number of hydrogen-bond acceptors (Lipinski definition) is 7. The Hall–Kier alpha value is -4.16. The van der Waals surface area contributed by atoms with Crippen LogP contribution in [0, 0.1) is 18.3 Å². The van der Waals surface area contributed by atoms with E-state index in [-0.39, 0.29) is 12.1 Å². The number of fused-ring (bicyclic) bond motifs is 1. The smallest absolute Gasteiger partial charge is 0.162 e. The molecule has 34 heavy (non-hydrogen) atoms. The van der Waals surface area contributed by atoms with Crippen LogP contribution in [-0.2, 0) is 13.6 Å². The van der Waals surface area contributed by atoms with E-state index < -0.39 is 0 Å². The van der Waals surface area contributed by atoms with E-state index in [0.717, 1.165) is 34.9 Å². The number of nitriles is 1. The summed E-state index contributed by atoms with van der Waals surface area (Å²) in [5.41, 5.74) is 5.69. The summed E-state index contributed by atoms with van der Waals surface area (Å²) in [5, 5.41) is 28.6. The second kappa shape index (κ2) is 9.37. The number of benzene rings is 1. The molecule has 1 aliphatic heterocycles. The van der Waals surface area contributed by atoms with Crippen LogP contribution in [0.4, 0.5) is 11.5 Å². The summed E-state index contributed by atoms with van der Waals surface area (Å²) in [6, 6.07) is 16.6. The largest absolute Gasteiger partial charge is 0.380 e. The zero-order chi connectivity index (χ0) is 23.5. The van der Waals surface area contributed by atoms with Crippen LogP contribution < -0.4 is 16.0 Å². The van der Waals surface area contributed by atoms with Crippen molar-refractivity contribution in [2.24, 2.45) is 7.05 Å². The Morgan fingerprint density at radius 3 is 2.79 bits per heavy atom. The van der Waals surface area contributed by atoms with Crippen LogP contribution in [0.1, 0.15) is 23.0 Å². The van der Waals surface area contributed by atoms with Crippen LogP contribution in [-0.4, -0.2) is 43.7 Å². The van der Waals surface area contributed by atoms with Crippen molar-refractivity contribution in [1.82, 2.24) is 29.9 Å². The molecular formula is C25H27N9. The first-order valence-corrected chi connectivity index (χ1v) is 11.3. The molecule has 9 nitrogen and oxygen atoms in total. The third-order valence-corrected chi connectivity index (χ3v) is 6.11. The highest BCUT2D eigenvalue weighted by atomic mass is 15.3. The SMILES string of the molecule is Cc1cc(C#N)nn1CCN[C@H](c1ccccc1)[C@H]1CNc2cc(-c3cnn(C)c3)cnc2N1. The third-order valence-electron chi connectivity index (χ3n) is 6.11. The lowest BCUT2D eigenvalue weighted by atomic mass is 9.97. The summed E-state index contributed by atoms with van der Waals surface area (Å²) in [4.78, 5) is 4.70. The first-order chi connectivity index (χ1) is 16.6.